The van der Waals surface area contributed by atoms with Gasteiger partial charge in [-0.2, -0.15) is 0 Å². The van der Waals surface area contributed by atoms with Crippen molar-refractivity contribution in [1.29, 1.82) is 0 Å². The molecule has 0 radical (unpaired) electrons. The van der Waals surface area contributed by atoms with Crippen LogP contribution >= 0.6 is 0 Å². The molecular formula is C33H26O4. The van der Waals surface area contributed by atoms with Gasteiger partial charge < -0.3 is 9.84 Å². The minimum Gasteiger partial charge on any atom is -0.507 e. The van der Waals surface area contributed by atoms with Crippen molar-refractivity contribution in [1.82, 2.24) is 0 Å². The molecule has 0 aliphatic carbocycles. The summed E-state index contributed by atoms with van der Waals surface area (Å²) in [5.41, 5.74) is 3.32. The van der Waals surface area contributed by atoms with Gasteiger partial charge in [-0.3, -0.25) is 9.59 Å². The topological polar surface area (TPSA) is 63.6 Å². The number of carbonyl (C=O) groups is 2. The second kappa shape index (κ2) is 12.7. The van der Waals surface area contributed by atoms with Gasteiger partial charge in [-0.1, -0.05) is 121 Å². The van der Waals surface area contributed by atoms with Crippen LogP contribution in [0.2, 0.25) is 0 Å². The smallest absolute Gasteiger partial charge is 0.196 e. The zero-order valence-corrected chi connectivity index (χ0v) is 20.2. The minimum absolute atomic E-state index is 0.0752. The molecule has 5 rings (SSSR count). The Labute approximate surface area is 216 Å². The molecule has 5 aromatic rings. The molecule has 37 heavy (non-hydrogen) atoms. The standard InChI is InChI=1S/C20H16O3.C13H10O/c21-19-13-17(23-14-15-7-3-1-4-8-15)11-12-18(19)20(22)16-9-5-2-6-10-16;14-13(11-7-3-1-4-8-11)12-9-5-2-6-10-12/h1-13,21H,14H2;1-10H. The summed E-state index contributed by atoms with van der Waals surface area (Å²) in [4.78, 5) is 24.2. The van der Waals surface area contributed by atoms with Crippen LogP contribution in [0.25, 0.3) is 0 Å². The van der Waals surface area contributed by atoms with Gasteiger partial charge >= 0.3 is 0 Å². The summed E-state index contributed by atoms with van der Waals surface area (Å²) in [5, 5.41) is 10.1. The Kier molecular flexibility index (Phi) is 8.60. The van der Waals surface area contributed by atoms with Crippen LogP contribution in [0.5, 0.6) is 11.5 Å². The van der Waals surface area contributed by atoms with Crippen molar-refractivity contribution < 1.29 is 19.4 Å². The maximum Gasteiger partial charge on any atom is 0.196 e. The molecule has 0 saturated carbocycles. The number of ether oxygens (including phenoxy) is 1. The van der Waals surface area contributed by atoms with Gasteiger partial charge in [-0.25, -0.2) is 0 Å². The lowest BCUT2D eigenvalue weighted by Gasteiger charge is -2.09. The lowest BCUT2D eigenvalue weighted by Crippen LogP contribution is -2.02. The van der Waals surface area contributed by atoms with E-state index in [1.165, 1.54) is 6.07 Å². The van der Waals surface area contributed by atoms with Gasteiger partial charge in [-0.05, 0) is 17.7 Å². The van der Waals surface area contributed by atoms with Crippen LogP contribution in [0, 0.1) is 0 Å². The van der Waals surface area contributed by atoms with Crippen LogP contribution in [0.4, 0.5) is 0 Å². The van der Waals surface area contributed by atoms with Gasteiger partial charge in [-0.15, -0.1) is 0 Å². The van der Waals surface area contributed by atoms with Gasteiger partial charge in [0.1, 0.15) is 18.1 Å². The number of aromatic hydroxyl groups is 1. The van der Waals surface area contributed by atoms with Crippen molar-refractivity contribution in [2.45, 2.75) is 6.61 Å². The van der Waals surface area contributed by atoms with Crippen molar-refractivity contribution in [2.75, 3.05) is 0 Å². The molecule has 0 aromatic heterocycles. The summed E-state index contributed by atoms with van der Waals surface area (Å²) in [7, 11) is 0. The van der Waals surface area contributed by atoms with E-state index >= 15 is 0 Å². The van der Waals surface area contributed by atoms with Crippen LogP contribution in [0.1, 0.15) is 37.4 Å². The molecule has 182 valence electrons. The molecule has 4 nitrogen and oxygen atoms in total. The van der Waals surface area contributed by atoms with E-state index in [1.54, 1.807) is 36.4 Å². The molecule has 1 N–H and O–H groups in total. The lowest BCUT2D eigenvalue weighted by molar-refractivity contribution is 0.102. The Morgan fingerprint density at radius 3 is 1.43 bits per heavy atom. The molecule has 0 aliphatic heterocycles. The number of hydrogen-bond acceptors (Lipinski definition) is 4. The van der Waals surface area contributed by atoms with Crippen molar-refractivity contribution in [3.8, 4) is 11.5 Å². The fourth-order valence-electron chi connectivity index (χ4n) is 3.62. The van der Waals surface area contributed by atoms with Gasteiger partial charge in [0, 0.05) is 22.8 Å². The normalized spacial score (nSPS) is 10.1. The average Bonchev–Trinajstić information content (AvgIpc) is 2.98. The van der Waals surface area contributed by atoms with Crippen molar-refractivity contribution in [3.05, 3.63) is 167 Å². The molecule has 0 spiro atoms. The van der Waals surface area contributed by atoms with Gasteiger partial charge in [0.05, 0.1) is 5.56 Å². The summed E-state index contributed by atoms with van der Waals surface area (Å²) in [5.74, 6) is 0.310. The Morgan fingerprint density at radius 2 is 0.973 bits per heavy atom. The van der Waals surface area contributed by atoms with Gasteiger partial charge in [0.15, 0.2) is 11.6 Å². The molecule has 0 bridgehead atoms. The van der Waals surface area contributed by atoms with E-state index in [1.807, 2.05) is 97.1 Å². The number of benzene rings is 5. The predicted molar refractivity (Wildman–Crippen MR) is 145 cm³/mol. The molecule has 0 aliphatic rings. The number of carbonyl (C=O) groups excluding carboxylic acids is 2. The summed E-state index contributed by atoms with van der Waals surface area (Å²) >= 11 is 0. The van der Waals surface area contributed by atoms with Crippen LogP contribution in [0.3, 0.4) is 0 Å². The lowest BCUT2D eigenvalue weighted by atomic mass is 10.0. The Bertz CT molecular complexity index is 1390. The van der Waals surface area contributed by atoms with Crippen molar-refractivity contribution in [3.63, 3.8) is 0 Å². The van der Waals surface area contributed by atoms with E-state index in [9.17, 15) is 14.7 Å². The number of phenols is 1. The summed E-state index contributed by atoms with van der Waals surface area (Å²) < 4.78 is 5.64. The van der Waals surface area contributed by atoms with E-state index in [2.05, 4.69) is 0 Å². The molecule has 0 amide bonds. The quantitative estimate of drug-likeness (QED) is 0.249. The second-order valence-electron chi connectivity index (χ2n) is 8.21. The zero-order valence-electron chi connectivity index (χ0n) is 20.2. The highest BCUT2D eigenvalue weighted by molar-refractivity contribution is 6.10. The number of rotatable bonds is 7. The molecule has 5 aromatic carbocycles. The molecule has 0 fully saturated rings. The van der Waals surface area contributed by atoms with E-state index in [4.69, 9.17) is 4.74 Å². The third-order valence-electron chi connectivity index (χ3n) is 5.57. The summed E-state index contributed by atoms with van der Waals surface area (Å²) in [6, 6.07) is 42.0. The van der Waals surface area contributed by atoms with Crippen molar-refractivity contribution in [2.24, 2.45) is 0 Å². The predicted octanol–water partition coefficient (Wildman–Crippen LogP) is 7.12. The van der Waals surface area contributed by atoms with Crippen LogP contribution < -0.4 is 4.74 Å². The highest BCUT2D eigenvalue weighted by Crippen LogP contribution is 2.26. The Balaban J connectivity index is 0.000000195. The number of hydrogen-bond donors (Lipinski definition) is 1. The van der Waals surface area contributed by atoms with Crippen molar-refractivity contribution >= 4 is 11.6 Å². The van der Waals surface area contributed by atoms with E-state index in [0.717, 1.165) is 16.7 Å². The van der Waals surface area contributed by atoms with E-state index < -0.39 is 0 Å². The average molecular weight is 487 g/mol. The summed E-state index contributed by atoms with van der Waals surface area (Å²) in [6.07, 6.45) is 0. The molecule has 0 heterocycles. The Hall–Kier alpha value is -4.96. The third kappa shape index (κ3) is 7.03. The summed E-state index contributed by atoms with van der Waals surface area (Å²) in [6.45, 7) is 0.409. The number of phenolic OH excluding ortho intramolecular Hbond substituents is 1. The first-order chi connectivity index (χ1) is 18.1. The van der Waals surface area contributed by atoms with Crippen LogP contribution in [-0.2, 0) is 6.61 Å². The molecular weight excluding hydrogens is 460 g/mol. The third-order valence-corrected chi connectivity index (χ3v) is 5.57. The molecule has 0 unspecified atom stereocenters. The molecule has 0 atom stereocenters. The molecule has 0 saturated heterocycles. The first-order valence-electron chi connectivity index (χ1n) is 11.9. The maximum atomic E-state index is 12.4. The first-order valence-corrected chi connectivity index (χ1v) is 11.9. The fraction of sp³-hybridized carbons (Fsp3) is 0.0303. The van der Waals surface area contributed by atoms with E-state index in [-0.39, 0.29) is 22.9 Å². The van der Waals surface area contributed by atoms with Crippen LogP contribution in [-0.4, -0.2) is 16.7 Å². The number of ketones is 2. The SMILES string of the molecule is O=C(c1ccccc1)c1ccc(OCc2ccccc2)cc1O.O=C(c1ccccc1)c1ccccc1. The van der Waals surface area contributed by atoms with Crippen LogP contribution in [0.15, 0.2) is 140 Å². The van der Waals surface area contributed by atoms with Gasteiger partial charge in [0.2, 0.25) is 0 Å². The monoisotopic (exact) mass is 486 g/mol. The van der Waals surface area contributed by atoms with Gasteiger partial charge in [0.25, 0.3) is 0 Å². The molecule has 4 heteroatoms. The Morgan fingerprint density at radius 1 is 0.541 bits per heavy atom. The fourth-order valence-corrected chi connectivity index (χ4v) is 3.62. The highest BCUT2D eigenvalue weighted by Gasteiger charge is 2.14. The van der Waals surface area contributed by atoms with E-state index in [0.29, 0.717) is 17.9 Å². The highest BCUT2D eigenvalue weighted by atomic mass is 16.5. The second-order valence-corrected chi connectivity index (χ2v) is 8.21. The zero-order chi connectivity index (χ0) is 25.9. The first kappa shape index (κ1) is 25.1. The largest absolute Gasteiger partial charge is 0.507 e. The minimum atomic E-state index is -0.210. The maximum absolute atomic E-state index is 12.4.